The molecule has 0 saturated carbocycles. The Hall–Kier alpha value is -0.320. The van der Waals surface area contributed by atoms with Gasteiger partial charge in [0.25, 0.3) is 5.91 Å². The third kappa shape index (κ3) is 1.88. The lowest BCUT2D eigenvalue weighted by molar-refractivity contribution is -0.150. The predicted molar refractivity (Wildman–Crippen MR) is 44.2 cm³/mol. The molecule has 1 heterocycles. The van der Waals surface area contributed by atoms with Gasteiger partial charge in [-0.1, -0.05) is 0 Å². The highest BCUT2D eigenvalue weighted by Gasteiger charge is 2.45. The third-order valence-corrected chi connectivity index (χ3v) is 3.11. The Morgan fingerprint density at radius 1 is 1.42 bits per heavy atom. The maximum atomic E-state index is 12.9. The largest absolute Gasteiger partial charge is 0.364 e. The van der Waals surface area contributed by atoms with Gasteiger partial charge >= 0.3 is 5.92 Å². The summed E-state index contributed by atoms with van der Waals surface area (Å²) in [7, 11) is 0. The zero-order valence-electron chi connectivity index (χ0n) is 6.56. The van der Waals surface area contributed by atoms with Crippen LogP contribution < -0.4 is 5.73 Å². The molecule has 12 heavy (non-hydrogen) atoms. The van der Waals surface area contributed by atoms with E-state index in [2.05, 4.69) is 5.73 Å². The summed E-state index contributed by atoms with van der Waals surface area (Å²) >= 11 is 1.64. The minimum atomic E-state index is -3.30. The van der Waals surface area contributed by atoms with E-state index in [-0.39, 0.29) is 0 Å². The summed E-state index contributed by atoms with van der Waals surface area (Å²) in [4.78, 5) is 10.4. The van der Waals surface area contributed by atoms with Gasteiger partial charge in [-0.3, -0.25) is 4.79 Å². The quantitative estimate of drug-likeness (QED) is 0.720. The van der Waals surface area contributed by atoms with Gasteiger partial charge in [-0.2, -0.15) is 20.5 Å². The fourth-order valence-corrected chi connectivity index (χ4v) is 2.37. The zero-order chi connectivity index (χ0) is 9.19. The highest BCUT2D eigenvalue weighted by Crippen LogP contribution is 2.35. The van der Waals surface area contributed by atoms with Gasteiger partial charge in [0.1, 0.15) is 0 Å². The van der Waals surface area contributed by atoms with Gasteiger partial charge in [-0.15, -0.1) is 0 Å². The fourth-order valence-electron chi connectivity index (χ4n) is 1.26. The zero-order valence-corrected chi connectivity index (χ0v) is 7.37. The molecule has 1 aliphatic rings. The second kappa shape index (κ2) is 3.60. The van der Waals surface area contributed by atoms with E-state index in [9.17, 15) is 13.6 Å². The molecule has 1 fully saturated rings. The average molecular weight is 195 g/mol. The van der Waals surface area contributed by atoms with E-state index >= 15 is 0 Å². The van der Waals surface area contributed by atoms with Crippen molar-refractivity contribution in [2.75, 3.05) is 11.5 Å². The fraction of sp³-hybridized carbons (Fsp3) is 0.857. The first-order valence-corrected chi connectivity index (χ1v) is 4.96. The maximum Gasteiger partial charge on any atom is 0.327 e. The van der Waals surface area contributed by atoms with Crippen LogP contribution in [-0.2, 0) is 4.79 Å². The highest BCUT2D eigenvalue weighted by atomic mass is 32.2. The number of carbonyl (C=O) groups is 1. The topological polar surface area (TPSA) is 43.1 Å². The van der Waals surface area contributed by atoms with Crippen LogP contribution in [0.25, 0.3) is 0 Å². The highest BCUT2D eigenvalue weighted by molar-refractivity contribution is 7.99. The van der Waals surface area contributed by atoms with Crippen molar-refractivity contribution in [2.24, 2.45) is 11.7 Å². The number of carbonyl (C=O) groups excluding carboxylic acids is 1. The molecular weight excluding hydrogens is 184 g/mol. The second-order valence-corrected chi connectivity index (χ2v) is 4.10. The van der Waals surface area contributed by atoms with Crippen LogP contribution in [0.4, 0.5) is 8.78 Å². The molecule has 0 spiro atoms. The molecular formula is C7H11F2NOS. The lowest BCUT2D eigenvalue weighted by atomic mass is 9.94. The summed E-state index contributed by atoms with van der Waals surface area (Å²) in [5.74, 6) is -4.22. The average Bonchev–Trinajstić information content (AvgIpc) is 2.06. The first-order valence-electron chi connectivity index (χ1n) is 3.80. The first-order chi connectivity index (χ1) is 5.55. The summed E-state index contributed by atoms with van der Waals surface area (Å²) in [5, 5.41) is 0. The molecule has 1 aliphatic heterocycles. The number of thioether (sulfide) groups is 1. The van der Waals surface area contributed by atoms with E-state index in [1.54, 1.807) is 11.8 Å². The van der Waals surface area contributed by atoms with Crippen LogP contribution in [0, 0.1) is 5.92 Å². The smallest absolute Gasteiger partial charge is 0.327 e. The Kier molecular flexibility index (Phi) is 2.93. The number of rotatable bonds is 2. The van der Waals surface area contributed by atoms with E-state index in [4.69, 9.17) is 0 Å². The second-order valence-electron chi connectivity index (χ2n) is 2.87. The molecule has 0 bridgehead atoms. The molecule has 0 aromatic carbocycles. The SMILES string of the molecule is NC(=O)C(F)(F)C1CCSCC1. The minimum absolute atomic E-state index is 0.389. The summed E-state index contributed by atoms with van der Waals surface area (Å²) in [6, 6.07) is 0. The van der Waals surface area contributed by atoms with Gasteiger partial charge in [0.15, 0.2) is 0 Å². The number of amides is 1. The van der Waals surface area contributed by atoms with Crippen LogP contribution in [0.1, 0.15) is 12.8 Å². The Balaban J connectivity index is 2.59. The molecule has 0 atom stereocenters. The molecule has 5 heteroatoms. The molecule has 0 aliphatic carbocycles. The standard InChI is InChI=1S/C7H11F2NOS/c8-7(9,6(10)11)5-1-3-12-4-2-5/h5H,1-4H2,(H2,10,11). The van der Waals surface area contributed by atoms with Gasteiger partial charge in [-0.05, 0) is 24.3 Å². The monoisotopic (exact) mass is 195 g/mol. The minimum Gasteiger partial charge on any atom is -0.364 e. The van der Waals surface area contributed by atoms with Crippen LogP contribution in [0.15, 0.2) is 0 Å². The predicted octanol–water partition coefficient (Wildman–Crippen LogP) is 1.25. The number of hydrogen-bond donors (Lipinski definition) is 1. The van der Waals surface area contributed by atoms with E-state index in [1.807, 2.05) is 0 Å². The number of hydrogen-bond acceptors (Lipinski definition) is 2. The van der Waals surface area contributed by atoms with Gasteiger partial charge in [-0.25, -0.2) is 0 Å². The van der Waals surface area contributed by atoms with Gasteiger partial charge in [0.2, 0.25) is 0 Å². The van der Waals surface area contributed by atoms with Gasteiger partial charge < -0.3 is 5.73 Å². The molecule has 0 aromatic rings. The summed E-state index contributed by atoms with van der Waals surface area (Å²) < 4.78 is 25.9. The third-order valence-electron chi connectivity index (χ3n) is 2.06. The Bertz CT molecular complexity index is 180. The van der Waals surface area contributed by atoms with Crippen molar-refractivity contribution < 1.29 is 13.6 Å². The van der Waals surface area contributed by atoms with Crippen LogP contribution in [0.3, 0.4) is 0 Å². The lowest BCUT2D eigenvalue weighted by Gasteiger charge is -2.27. The van der Waals surface area contributed by atoms with Crippen LogP contribution in [0.2, 0.25) is 0 Å². The molecule has 2 N–H and O–H groups in total. The Labute approximate surface area is 73.9 Å². The molecule has 1 saturated heterocycles. The maximum absolute atomic E-state index is 12.9. The number of primary amides is 1. The van der Waals surface area contributed by atoms with Crippen LogP contribution >= 0.6 is 11.8 Å². The Morgan fingerprint density at radius 2 is 1.92 bits per heavy atom. The normalized spacial score (nSPS) is 20.8. The summed E-state index contributed by atoms with van der Waals surface area (Å²) in [6.45, 7) is 0. The van der Waals surface area contributed by atoms with Crippen molar-refractivity contribution in [3.63, 3.8) is 0 Å². The molecule has 1 amide bonds. The van der Waals surface area contributed by atoms with E-state index in [1.165, 1.54) is 0 Å². The number of halogens is 2. The van der Waals surface area contributed by atoms with Crippen molar-refractivity contribution in [3.05, 3.63) is 0 Å². The van der Waals surface area contributed by atoms with Gasteiger partial charge in [0, 0.05) is 5.92 Å². The van der Waals surface area contributed by atoms with E-state index in [0.717, 1.165) is 0 Å². The van der Waals surface area contributed by atoms with Crippen molar-refractivity contribution in [2.45, 2.75) is 18.8 Å². The number of alkyl halides is 2. The number of nitrogens with two attached hydrogens (primary N) is 1. The molecule has 2 nitrogen and oxygen atoms in total. The lowest BCUT2D eigenvalue weighted by Crippen LogP contribution is -2.43. The molecule has 70 valence electrons. The van der Waals surface area contributed by atoms with Crippen LogP contribution in [-0.4, -0.2) is 23.3 Å². The first kappa shape index (κ1) is 9.77. The van der Waals surface area contributed by atoms with E-state index in [0.29, 0.717) is 24.3 Å². The molecule has 0 radical (unpaired) electrons. The Morgan fingerprint density at radius 3 is 2.33 bits per heavy atom. The molecule has 0 unspecified atom stereocenters. The van der Waals surface area contributed by atoms with Crippen LogP contribution in [0.5, 0.6) is 0 Å². The van der Waals surface area contributed by atoms with Gasteiger partial charge in [0.05, 0.1) is 0 Å². The van der Waals surface area contributed by atoms with Crippen molar-refractivity contribution >= 4 is 17.7 Å². The van der Waals surface area contributed by atoms with Crippen molar-refractivity contribution in [1.82, 2.24) is 0 Å². The van der Waals surface area contributed by atoms with Crippen molar-refractivity contribution in [1.29, 1.82) is 0 Å². The van der Waals surface area contributed by atoms with Crippen molar-refractivity contribution in [3.8, 4) is 0 Å². The van der Waals surface area contributed by atoms with E-state index < -0.39 is 17.7 Å². The summed E-state index contributed by atoms with van der Waals surface area (Å²) in [6.07, 6.45) is 0.779. The molecule has 0 aromatic heterocycles. The molecule has 1 rings (SSSR count). The summed E-state index contributed by atoms with van der Waals surface area (Å²) in [5.41, 5.74) is 4.61.